The maximum Gasteiger partial charge on any atom is 0.0550 e. The minimum absolute atomic E-state index is 0.0414. The van der Waals surface area contributed by atoms with Crippen molar-refractivity contribution < 1.29 is 0 Å². The van der Waals surface area contributed by atoms with Gasteiger partial charge in [-0.05, 0) is 151 Å². The fourth-order valence-corrected chi connectivity index (χ4v) is 9.44. The first-order valence-corrected chi connectivity index (χ1v) is 26.8. The Balaban J connectivity index is 0.00000191. The zero-order valence-corrected chi connectivity index (χ0v) is 45.8. The van der Waals surface area contributed by atoms with E-state index in [2.05, 4.69) is 175 Å². The second-order valence-electron chi connectivity index (χ2n) is 20.6. The quantitative estimate of drug-likeness (QED) is 0.0408. The number of benzene rings is 1. The first kappa shape index (κ1) is 61.7. The van der Waals surface area contributed by atoms with Crippen molar-refractivity contribution in [1.29, 1.82) is 0 Å². The highest BCUT2D eigenvalue weighted by molar-refractivity contribution is 5.39. The third-order valence-electron chi connectivity index (χ3n) is 13.8. The average Bonchev–Trinajstić information content (AvgIpc) is 3.28. The molecule has 0 aliphatic heterocycles. The van der Waals surface area contributed by atoms with Gasteiger partial charge in [-0.3, -0.25) is 0 Å². The van der Waals surface area contributed by atoms with E-state index in [0.717, 1.165) is 45.1 Å². The van der Waals surface area contributed by atoms with E-state index in [1.165, 1.54) is 128 Å². The predicted molar refractivity (Wildman–Crippen MR) is 299 cm³/mol. The highest BCUT2D eigenvalue weighted by atomic mass is 15.2. The molecule has 65 heavy (non-hydrogen) atoms. The highest BCUT2D eigenvalue weighted by Gasteiger charge is 2.36. The fourth-order valence-electron chi connectivity index (χ4n) is 9.44. The van der Waals surface area contributed by atoms with Crippen LogP contribution in [-0.4, -0.2) is 17.5 Å². The lowest BCUT2D eigenvalue weighted by molar-refractivity contribution is 0.118. The smallest absolute Gasteiger partial charge is 0.0550 e. The summed E-state index contributed by atoms with van der Waals surface area (Å²) in [6.45, 7) is 54.4. The summed E-state index contributed by atoms with van der Waals surface area (Å²) in [4.78, 5) is 2.80. The van der Waals surface area contributed by atoms with Crippen LogP contribution >= 0.6 is 0 Å². The lowest BCUT2D eigenvalue weighted by Gasteiger charge is -2.46. The van der Waals surface area contributed by atoms with Gasteiger partial charge in [0, 0.05) is 18.2 Å². The van der Waals surface area contributed by atoms with Gasteiger partial charge < -0.3 is 4.90 Å². The molecule has 0 N–H and O–H groups in total. The van der Waals surface area contributed by atoms with Crippen LogP contribution in [0.5, 0.6) is 0 Å². The van der Waals surface area contributed by atoms with Crippen LogP contribution in [0.1, 0.15) is 218 Å². The predicted octanol–water partition coefficient (Wildman–Crippen LogP) is 20.7. The Bertz CT molecular complexity index is 1610. The molecule has 368 valence electrons. The lowest BCUT2D eigenvalue weighted by atomic mass is 9.75. The Morgan fingerprint density at radius 1 is 0.785 bits per heavy atom. The van der Waals surface area contributed by atoms with Crippen molar-refractivity contribution in [3.63, 3.8) is 0 Å². The molecule has 0 fully saturated rings. The van der Waals surface area contributed by atoms with Crippen LogP contribution in [0.25, 0.3) is 0 Å². The van der Waals surface area contributed by atoms with Crippen LogP contribution in [0.15, 0.2) is 138 Å². The van der Waals surface area contributed by atoms with Gasteiger partial charge in [0.25, 0.3) is 0 Å². The maximum absolute atomic E-state index is 4.89. The van der Waals surface area contributed by atoms with Crippen molar-refractivity contribution >= 4 is 0 Å². The number of nitrogens with zero attached hydrogens (tertiary/aromatic N) is 1. The summed E-state index contributed by atoms with van der Waals surface area (Å²) in [5.74, 6) is 2.30. The summed E-state index contributed by atoms with van der Waals surface area (Å²) in [6.07, 6.45) is 34.2. The van der Waals surface area contributed by atoms with Gasteiger partial charge in [0.2, 0.25) is 0 Å². The largest absolute Gasteiger partial charge is 0.368 e. The maximum atomic E-state index is 4.89. The van der Waals surface area contributed by atoms with Gasteiger partial charge in [-0.25, -0.2) is 0 Å². The molecule has 2 rings (SSSR count). The molecule has 5 atom stereocenters. The molecular formula is C64H107N. The van der Waals surface area contributed by atoms with Gasteiger partial charge in [0.05, 0.1) is 6.04 Å². The monoisotopic (exact) mass is 890 g/mol. The summed E-state index contributed by atoms with van der Waals surface area (Å²) < 4.78 is 0. The number of hydrogen-bond donors (Lipinski definition) is 0. The van der Waals surface area contributed by atoms with Crippen molar-refractivity contribution in [1.82, 2.24) is 4.90 Å². The molecule has 0 bridgehead atoms. The Kier molecular flexibility index (Phi) is 34.0. The van der Waals surface area contributed by atoms with Crippen LogP contribution < -0.4 is 0 Å². The molecule has 1 nitrogen and oxygen atoms in total. The van der Waals surface area contributed by atoms with E-state index in [-0.39, 0.29) is 11.5 Å². The molecule has 0 radical (unpaired) electrons. The van der Waals surface area contributed by atoms with Gasteiger partial charge in [0.1, 0.15) is 0 Å². The molecule has 1 aromatic rings. The minimum Gasteiger partial charge on any atom is -0.368 e. The molecule has 0 heterocycles. The molecule has 0 saturated carbocycles. The molecule has 1 aromatic carbocycles. The Morgan fingerprint density at radius 3 is 1.97 bits per heavy atom. The molecular weight excluding hydrogens is 783 g/mol. The van der Waals surface area contributed by atoms with Crippen molar-refractivity contribution in [3.05, 3.63) is 144 Å². The number of rotatable bonds is 31. The summed E-state index contributed by atoms with van der Waals surface area (Å²) >= 11 is 0. The third-order valence-corrected chi connectivity index (χ3v) is 13.8. The average molecular weight is 891 g/mol. The highest BCUT2D eigenvalue weighted by Crippen LogP contribution is 2.40. The molecule has 5 unspecified atom stereocenters. The number of allylic oxidation sites excluding steroid dienone is 12. The van der Waals surface area contributed by atoms with E-state index in [9.17, 15) is 0 Å². The van der Waals surface area contributed by atoms with Gasteiger partial charge in [-0.1, -0.05) is 216 Å². The van der Waals surface area contributed by atoms with E-state index < -0.39 is 0 Å². The zero-order valence-electron chi connectivity index (χ0n) is 45.8. The van der Waals surface area contributed by atoms with Crippen molar-refractivity contribution in [2.45, 2.75) is 225 Å². The van der Waals surface area contributed by atoms with Crippen molar-refractivity contribution in [3.8, 4) is 0 Å². The van der Waals surface area contributed by atoms with Crippen LogP contribution in [0, 0.1) is 29.1 Å². The standard InChI is InChI=1S/C46H73N.C16H28.C2H6/c1-13-17-23-35(5)24-21-22-25-39(9)47(34-42(16-4)37(7)14-2)45(46(10,11)12)43(31-30-40-26-19-18-20-27-40)33-41(15-3)44-32-36(6)28-29-38(44)8;1-6-11-15(5)16(7-2)13-10-8-9-12-14(3)4;1-2/h15,18-20,26-29,33,37,42,44-45H,5,9,13-14,16-17,21-25,30-32,34H2,1-4,6-8,10-12H3;7,16H,2-3,5-6,8-13H2,1,4H3;1-2H3/b41-15+,43-33+;;. The first-order chi connectivity index (χ1) is 31.0. The molecule has 1 heteroatoms. The van der Waals surface area contributed by atoms with E-state index in [4.69, 9.17) is 6.58 Å². The van der Waals surface area contributed by atoms with E-state index in [1.807, 2.05) is 13.8 Å². The lowest BCUT2D eigenvalue weighted by Crippen LogP contribution is -2.47. The van der Waals surface area contributed by atoms with Crippen LogP contribution in [0.4, 0.5) is 0 Å². The van der Waals surface area contributed by atoms with Gasteiger partial charge in [-0.2, -0.15) is 0 Å². The van der Waals surface area contributed by atoms with Crippen LogP contribution in [0.3, 0.4) is 0 Å². The molecule has 0 amide bonds. The summed E-state index contributed by atoms with van der Waals surface area (Å²) in [5, 5.41) is 0. The normalized spacial score (nSPS) is 16.0. The topological polar surface area (TPSA) is 3.24 Å². The SMILES string of the molecule is C=C(CCCC)CCCCC(=C)N(CC(CC)C(C)CC)C(/C(=C/C(=C\C)C1CC(C)=CC=C1C)CCc1ccccc1)C(C)(C)C.C=CC(CCCCCC(=C)C)C(=C)CCC.CC. The zero-order chi connectivity index (χ0) is 49.4. The van der Waals surface area contributed by atoms with E-state index in [0.29, 0.717) is 23.7 Å². The van der Waals surface area contributed by atoms with E-state index in [1.54, 1.807) is 5.57 Å². The Morgan fingerprint density at radius 2 is 1.42 bits per heavy atom. The molecule has 1 aliphatic carbocycles. The first-order valence-electron chi connectivity index (χ1n) is 26.8. The van der Waals surface area contributed by atoms with Crippen LogP contribution in [-0.2, 0) is 6.42 Å². The van der Waals surface area contributed by atoms with Gasteiger partial charge in [-0.15, -0.1) is 13.2 Å². The van der Waals surface area contributed by atoms with Gasteiger partial charge in [0.15, 0.2) is 0 Å². The Labute approximate surface area is 407 Å². The molecule has 0 saturated heterocycles. The summed E-state index contributed by atoms with van der Waals surface area (Å²) in [7, 11) is 0. The number of hydrogen-bond acceptors (Lipinski definition) is 1. The molecule has 1 aliphatic rings. The van der Waals surface area contributed by atoms with Crippen LogP contribution in [0.2, 0.25) is 0 Å². The molecule has 0 aromatic heterocycles. The number of aryl methyl sites for hydroxylation is 1. The second-order valence-corrected chi connectivity index (χ2v) is 20.6. The van der Waals surface area contributed by atoms with Crippen molar-refractivity contribution in [2.75, 3.05) is 6.54 Å². The summed E-state index contributed by atoms with van der Waals surface area (Å²) in [5.41, 5.74) is 12.8. The van der Waals surface area contributed by atoms with Crippen molar-refractivity contribution in [2.24, 2.45) is 29.1 Å². The van der Waals surface area contributed by atoms with Gasteiger partial charge >= 0.3 is 0 Å². The Hall–Kier alpha value is -3.32. The molecule has 0 spiro atoms. The minimum atomic E-state index is 0.0414. The number of unbranched alkanes of at least 4 members (excludes halogenated alkanes) is 4. The van der Waals surface area contributed by atoms with E-state index >= 15 is 0 Å². The third kappa shape index (κ3) is 25.4. The fraction of sp³-hybridized carbons (Fsp3) is 0.625. The second kappa shape index (κ2) is 35.8. The summed E-state index contributed by atoms with van der Waals surface area (Å²) in [6, 6.07) is 11.4.